The second-order valence-electron chi connectivity index (χ2n) is 4.22. The Hall–Kier alpha value is -2.51. The van der Waals surface area contributed by atoms with E-state index in [1.54, 1.807) is 24.3 Å². The van der Waals surface area contributed by atoms with E-state index < -0.39 is 23.3 Å². The van der Waals surface area contributed by atoms with E-state index in [0.29, 0.717) is 11.4 Å². The summed E-state index contributed by atoms with van der Waals surface area (Å²) < 4.78 is 43.2. The highest BCUT2D eigenvalue weighted by atomic mass is 19.4. The summed E-state index contributed by atoms with van der Waals surface area (Å²) in [5.41, 5.74) is -1.25. The van der Waals surface area contributed by atoms with Crippen molar-refractivity contribution < 1.29 is 22.7 Å². The van der Waals surface area contributed by atoms with Gasteiger partial charge in [0.2, 0.25) is 0 Å². The Bertz CT molecular complexity index is 635. The highest BCUT2D eigenvalue weighted by Crippen LogP contribution is 2.31. The van der Waals surface area contributed by atoms with Gasteiger partial charge in [0.1, 0.15) is 5.75 Å². The molecule has 0 spiro atoms. The number of carbonyl (C=O) groups is 1. The number of ether oxygens (including phenoxy) is 1. The summed E-state index contributed by atoms with van der Waals surface area (Å²) in [5.74, 6) is -0.222. The van der Waals surface area contributed by atoms with Crippen molar-refractivity contribution in [2.45, 2.75) is 6.18 Å². The van der Waals surface area contributed by atoms with Gasteiger partial charge in [-0.2, -0.15) is 18.3 Å². The van der Waals surface area contributed by atoms with Crippen LogP contribution < -0.4 is 9.64 Å². The molecule has 0 aliphatic heterocycles. The summed E-state index contributed by atoms with van der Waals surface area (Å²) in [4.78, 5) is 13.3. The predicted molar refractivity (Wildman–Crippen MR) is 69.3 cm³/mol. The van der Waals surface area contributed by atoms with E-state index in [-0.39, 0.29) is 0 Å². The average Bonchev–Trinajstić information content (AvgIpc) is 2.95. The van der Waals surface area contributed by atoms with Gasteiger partial charge in [0.05, 0.1) is 18.9 Å². The van der Waals surface area contributed by atoms with Crippen molar-refractivity contribution in [3.63, 3.8) is 0 Å². The normalized spacial score (nSPS) is 11.3. The third-order valence-electron chi connectivity index (χ3n) is 2.92. The molecule has 2 aromatic rings. The van der Waals surface area contributed by atoms with Crippen LogP contribution in [0.1, 0.15) is 16.1 Å². The Morgan fingerprint density at radius 3 is 2.43 bits per heavy atom. The van der Waals surface area contributed by atoms with Gasteiger partial charge in [0.25, 0.3) is 5.91 Å². The molecule has 1 heterocycles. The van der Waals surface area contributed by atoms with E-state index in [1.807, 2.05) is 5.10 Å². The first kappa shape index (κ1) is 14.9. The maximum Gasteiger partial charge on any atom is 0.433 e. The summed E-state index contributed by atoms with van der Waals surface area (Å²) in [6.45, 7) is 0. The zero-order valence-corrected chi connectivity index (χ0v) is 11.2. The number of amides is 1. The molecule has 112 valence electrons. The molecule has 1 aromatic carbocycles. The number of benzene rings is 1. The van der Waals surface area contributed by atoms with Crippen LogP contribution in [0.4, 0.5) is 18.9 Å². The highest BCUT2D eigenvalue weighted by molar-refractivity contribution is 6.06. The van der Waals surface area contributed by atoms with Gasteiger partial charge in [0.15, 0.2) is 5.69 Å². The third-order valence-corrected chi connectivity index (χ3v) is 2.92. The third kappa shape index (κ3) is 2.99. The molecule has 0 unspecified atom stereocenters. The first-order chi connectivity index (χ1) is 9.84. The molecule has 5 nitrogen and oxygen atoms in total. The van der Waals surface area contributed by atoms with Crippen molar-refractivity contribution in [3.05, 3.63) is 41.7 Å². The van der Waals surface area contributed by atoms with Crippen molar-refractivity contribution in [1.82, 2.24) is 10.2 Å². The number of alkyl halides is 3. The molecular formula is C13H12F3N3O2. The number of aromatic amines is 1. The number of anilines is 1. The largest absolute Gasteiger partial charge is 0.497 e. The van der Waals surface area contributed by atoms with Crippen LogP contribution in [0.3, 0.4) is 0 Å². The molecule has 21 heavy (non-hydrogen) atoms. The van der Waals surface area contributed by atoms with E-state index in [0.717, 1.165) is 11.1 Å². The van der Waals surface area contributed by atoms with Crippen LogP contribution in [0.5, 0.6) is 5.75 Å². The van der Waals surface area contributed by atoms with Gasteiger partial charge in [-0.3, -0.25) is 9.89 Å². The fraction of sp³-hybridized carbons (Fsp3) is 0.231. The molecule has 0 bridgehead atoms. The van der Waals surface area contributed by atoms with Crippen LogP contribution in [-0.2, 0) is 6.18 Å². The Morgan fingerprint density at radius 1 is 1.29 bits per heavy atom. The molecule has 1 N–H and O–H groups in total. The van der Waals surface area contributed by atoms with Crippen LogP contribution in [0, 0.1) is 0 Å². The maximum atomic E-state index is 12.7. The monoisotopic (exact) mass is 299 g/mol. The SMILES string of the molecule is COc1ccc(N(C)C(=O)c2cn[nH]c2C(F)(F)F)cc1. The zero-order valence-electron chi connectivity index (χ0n) is 11.2. The summed E-state index contributed by atoms with van der Waals surface area (Å²) in [7, 11) is 2.88. The molecule has 1 amide bonds. The first-order valence-corrected chi connectivity index (χ1v) is 5.87. The molecule has 0 fully saturated rings. The van der Waals surface area contributed by atoms with Crippen molar-refractivity contribution >= 4 is 11.6 Å². The molecule has 0 aliphatic carbocycles. The number of H-pyrrole nitrogens is 1. The second-order valence-corrected chi connectivity index (χ2v) is 4.22. The van der Waals surface area contributed by atoms with E-state index in [1.165, 1.54) is 14.2 Å². The topological polar surface area (TPSA) is 58.2 Å². The lowest BCUT2D eigenvalue weighted by atomic mass is 10.2. The van der Waals surface area contributed by atoms with Crippen molar-refractivity contribution in [1.29, 1.82) is 0 Å². The van der Waals surface area contributed by atoms with Gasteiger partial charge in [-0.15, -0.1) is 0 Å². The lowest BCUT2D eigenvalue weighted by Gasteiger charge is -2.18. The summed E-state index contributed by atoms with van der Waals surface area (Å²) in [6, 6.07) is 6.37. The number of aromatic nitrogens is 2. The fourth-order valence-electron chi connectivity index (χ4n) is 1.77. The first-order valence-electron chi connectivity index (χ1n) is 5.87. The van der Waals surface area contributed by atoms with E-state index >= 15 is 0 Å². The van der Waals surface area contributed by atoms with Crippen molar-refractivity contribution in [2.75, 3.05) is 19.1 Å². The number of carbonyl (C=O) groups excluding carboxylic acids is 1. The molecule has 0 aliphatic rings. The Labute approximate surface area is 118 Å². The highest BCUT2D eigenvalue weighted by Gasteiger charge is 2.38. The number of halogens is 3. The van der Waals surface area contributed by atoms with E-state index in [2.05, 4.69) is 5.10 Å². The van der Waals surface area contributed by atoms with Crippen LogP contribution in [0.25, 0.3) is 0 Å². The maximum absolute atomic E-state index is 12.7. The second kappa shape index (κ2) is 5.47. The lowest BCUT2D eigenvalue weighted by Crippen LogP contribution is -2.28. The zero-order chi connectivity index (χ0) is 15.6. The summed E-state index contributed by atoms with van der Waals surface area (Å²) in [6.07, 6.45) is -3.80. The van der Waals surface area contributed by atoms with Gasteiger partial charge in [-0.05, 0) is 24.3 Å². The fourth-order valence-corrected chi connectivity index (χ4v) is 1.77. The lowest BCUT2D eigenvalue weighted by molar-refractivity contribution is -0.141. The minimum atomic E-state index is -4.66. The molecular weight excluding hydrogens is 287 g/mol. The Kier molecular flexibility index (Phi) is 3.88. The minimum Gasteiger partial charge on any atom is -0.497 e. The number of nitrogens with zero attached hydrogens (tertiary/aromatic N) is 2. The molecule has 1 aromatic heterocycles. The van der Waals surface area contributed by atoms with Crippen LogP contribution in [0.15, 0.2) is 30.5 Å². The standard InChI is InChI=1S/C13H12F3N3O2/c1-19(8-3-5-9(21-2)6-4-8)12(20)10-7-17-18-11(10)13(14,15)16/h3-7H,1-2H3,(H,17,18). The summed E-state index contributed by atoms with van der Waals surface area (Å²) in [5, 5.41) is 5.11. The minimum absolute atomic E-state index is 0.440. The number of rotatable bonds is 3. The smallest absolute Gasteiger partial charge is 0.433 e. The summed E-state index contributed by atoms with van der Waals surface area (Å²) >= 11 is 0. The molecule has 0 saturated carbocycles. The van der Waals surface area contributed by atoms with Gasteiger partial charge >= 0.3 is 6.18 Å². The van der Waals surface area contributed by atoms with Gasteiger partial charge in [0, 0.05) is 12.7 Å². The van der Waals surface area contributed by atoms with Crippen LogP contribution in [0.2, 0.25) is 0 Å². The van der Waals surface area contributed by atoms with Crippen LogP contribution >= 0.6 is 0 Å². The van der Waals surface area contributed by atoms with Gasteiger partial charge in [-0.25, -0.2) is 0 Å². The molecule has 0 radical (unpaired) electrons. The number of nitrogens with one attached hydrogen (secondary N) is 1. The van der Waals surface area contributed by atoms with Crippen molar-refractivity contribution in [2.24, 2.45) is 0 Å². The Balaban J connectivity index is 2.29. The van der Waals surface area contributed by atoms with E-state index in [9.17, 15) is 18.0 Å². The Morgan fingerprint density at radius 2 is 1.90 bits per heavy atom. The average molecular weight is 299 g/mol. The molecule has 0 atom stereocenters. The predicted octanol–water partition coefficient (Wildman–Crippen LogP) is 2.71. The molecule has 8 heteroatoms. The molecule has 0 saturated heterocycles. The van der Waals surface area contributed by atoms with Gasteiger partial charge < -0.3 is 9.64 Å². The number of methoxy groups -OCH3 is 1. The van der Waals surface area contributed by atoms with Crippen LogP contribution in [-0.4, -0.2) is 30.3 Å². The number of hydrogen-bond donors (Lipinski definition) is 1. The van der Waals surface area contributed by atoms with Gasteiger partial charge in [-0.1, -0.05) is 0 Å². The van der Waals surface area contributed by atoms with Crippen molar-refractivity contribution in [3.8, 4) is 5.75 Å². The van der Waals surface area contributed by atoms with E-state index in [4.69, 9.17) is 4.74 Å². The quantitative estimate of drug-likeness (QED) is 0.948. The number of hydrogen-bond acceptors (Lipinski definition) is 3. The molecule has 2 rings (SSSR count).